The van der Waals surface area contributed by atoms with Gasteiger partial charge in [-0.2, -0.15) is 0 Å². The summed E-state index contributed by atoms with van der Waals surface area (Å²) in [6.07, 6.45) is 8.38. The molecule has 0 amide bonds. The van der Waals surface area contributed by atoms with Gasteiger partial charge in [-0.1, -0.05) is 36.4 Å². The Hall–Kier alpha value is -2.42. The molecule has 0 saturated heterocycles. The van der Waals surface area contributed by atoms with Gasteiger partial charge >= 0.3 is 0 Å². The first-order valence-corrected chi connectivity index (χ1v) is 8.52. The van der Waals surface area contributed by atoms with Crippen LogP contribution < -0.4 is 4.74 Å². The van der Waals surface area contributed by atoms with Gasteiger partial charge in [-0.05, 0) is 60.4 Å². The van der Waals surface area contributed by atoms with E-state index in [4.69, 9.17) is 4.74 Å². The summed E-state index contributed by atoms with van der Waals surface area (Å²) in [5.41, 5.74) is 3.63. The van der Waals surface area contributed by atoms with Gasteiger partial charge in [-0.3, -0.25) is 8.78 Å². The SMILES string of the molecule is CC=Cc1ccc(Oc2ccc(C=CC)cc2CCF)c(CCF)c1. The van der Waals surface area contributed by atoms with Crippen molar-refractivity contribution in [2.45, 2.75) is 26.7 Å². The number of rotatable bonds is 8. The van der Waals surface area contributed by atoms with Crippen LogP contribution in [-0.4, -0.2) is 13.3 Å². The van der Waals surface area contributed by atoms with Crippen molar-refractivity contribution in [3.05, 3.63) is 70.8 Å². The third kappa shape index (κ3) is 5.28. The highest BCUT2D eigenvalue weighted by Gasteiger charge is 2.10. The molecule has 0 heterocycles. The molecule has 3 heteroatoms. The largest absolute Gasteiger partial charge is 0.457 e. The van der Waals surface area contributed by atoms with Crippen LogP contribution >= 0.6 is 0 Å². The zero-order valence-electron chi connectivity index (χ0n) is 14.8. The molecular formula is C22H24F2O. The number of hydrogen-bond acceptors (Lipinski definition) is 1. The van der Waals surface area contributed by atoms with Gasteiger partial charge in [0.05, 0.1) is 13.3 Å². The molecule has 0 saturated carbocycles. The Bertz CT molecular complexity index is 684. The summed E-state index contributed by atoms with van der Waals surface area (Å²) in [7, 11) is 0. The van der Waals surface area contributed by atoms with Gasteiger partial charge in [0.2, 0.25) is 0 Å². The van der Waals surface area contributed by atoms with E-state index in [0.717, 1.165) is 22.3 Å². The molecule has 0 aromatic heterocycles. The zero-order valence-corrected chi connectivity index (χ0v) is 14.8. The van der Waals surface area contributed by atoms with E-state index < -0.39 is 13.3 Å². The fraction of sp³-hybridized carbons (Fsp3) is 0.273. The van der Waals surface area contributed by atoms with Crippen molar-refractivity contribution < 1.29 is 13.5 Å². The van der Waals surface area contributed by atoms with Crippen molar-refractivity contribution in [1.82, 2.24) is 0 Å². The highest BCUT2D eigenvalue weighted by molar-refractivity contribution is 5.56. The van der Waals surface area contributed by atoms with E-state index in [-0.39, 0.29) is 12.8 Å². The van der Waals surface area contributed by atoms with Crippen LogP contribution in [0.2, 0.25) is 0 Å². The number of hydrogen-bond donors (Lipinski definition) is 0. The first-order chi connectivity index (χ1) is 12.2. The quantitative estimate of drug-likeness (QED) is 0.527. The highest BCUT2D eigenvalue weighted by Crippen LogP contribution is 2.31. The molecular weight excluding hydrogens is 318 g/mol. The van der Waals surface area contributed by atoms with Crippen LogP contribution in [0.3, 0.4) is 0 Å². The molecule has 0 fully saturated rings. The summed E-state index contributed by atoms with van der Waals surface area (Å²) < 4.78 is 31.9. The van der Waals surface area contributed by atoms with Crippen LogP contribution in [-0.2, 0) is 12.8 Å². The fourth-order valence-electron chi connectivity index (χ4n) is 2.70. The van der Waals surface area contributed by atoms with Crippen molar-refractivity contribution in [3.63, 3.8) is 0 Å². The van der Waals surface area contributed by atoms with E-state index >= 15 is 0 Å². The summed E-state index contributed by atoms with van der Waals surface area (Å²) in [6, 6.07) is 11.4. The van der Waals surface area contributed by atoms with Gasteiger partial charge in [0.1, 0.15) is 11.5 Å². The monoisotopic (exact) mass is 342 g/mol. The number of allylic oxidation sites excluding steroid dienone is 2. The number of alkyl halides is 2. The molecule has 132 valence electrons. The second-order valence-electron chi connectivity index (χ2n) is 5.71. The third-order valence-corrected chi connectivity index (χ3v) is 3.83. The molecule has 2 aromatic rings. The highest BCUT2D eigenvalue weighted by atomic mass is 19.1. The van der Waals surface area contributed by atoms with Gasteiger partial charge in [-0.25, -0.2) is 0 Å². The molecule has 0 atom stereocenters. The van der Waals surface area contributed by atoms with Gasteiger partial charge in [0.25, 0.3) is 0 Å². The van der Waals surface area contributed by atoms with Crippen LogP contribution in [0, 0.1) is 0 Å². The van der Waals surface area contributed by atoms with Gasteiger partial charge < -0.3 is 4.74 Å². The Balaban J connectivity index is 2.37. The van der Waals surface area contributed by atoms with Crippen LogP contribution in [0.4, 0.5) is 8.78 Å². The van der Waals surface area contributed by atoms with E-state index in [1.54, 1.807) is 0 Å². The Morgan fingerprint density at radius 1 is 0.760 bits per heavy atom. The molecule has 25 heavy (non-hydrogen) atoms. The molecule has 0 aliphatic rings. The molecule has 0 aliphatic carbocycles. The Kier molecular flexibility index (Phi) is 7.39. The lowest BCUT2D eigenvalue weighted by atomic mass is 10.1. The van der Waals surface area contributed by atoms with Crippen LogP contribution in [0.1, 0.15) is 36.1 Å². The third-order valence-electron chi connectivity index (χ3n) is 3.83. The predicted molar refractivity (Wildman–Crippen MR) is 102 cm³/mol. The molecule has 0 radical (unpaired) electrons. The Morgan fingerprint density at radius 2 is 1.20 bits per heavy atom. The minimum Gasteiger partial charge on any atom is -0.457 e. The minimum atomic E-state index is -0.451. The Labute approximate surface area is 148 Å². The average molecular weight is 342 g/mol. The van der Waals surface area contributed by atoms with Gasteiger partial charge in [0, 0.05) is 12.8 Å². The average Bonchev–Trinajstić information content (AvgIpc) is 2.60. The molecule has 0 N–H and O–H groups in total. The van der Waals surface area contributed by atoms with Crippen molar-refractivity contribution in [2.75, 3.05) is 13.3 Å². The summed E-state index contributed by atoms with van der Waals surface area (Å²) in [5.74, 6) is 1.23. The number of halogens is 2. The van der Waals surface area contributed by atoms with Crippen molar-refractivity contribution >= 4 is 12.2 Å². The summed E-state index contributed by atoms with van der Waals surface area (Å²) in [4.78, 5) is 0. The molecule has 0 aliphatic heterocycles. The fourth-order valence-corrected chi connectivity index (χ4v) is 2.70. The molecule has 1 nitrogen and oxygen atoms in total. The van der Waals surface area contributed by atoms with Crippen LogP contribution in [0.25, 0.3) is 12.2 Å². The standard InChI is InChI=1S/C22H24F2O/c1-3-5-17-7-9-21(19(15-17)11-13-23)25-22-10-8-18(6-4-2)16-20(22)12-14-24/h3-10,15-16H,11-14H2,1-2H3. The number of ether oxygens (including phenoxy) is 1. The summed E-state index contributed by atoms with van der Waals surface area (Å²) in [6.45, 7) is 2.98. The molecule has 2 aromatic carbocycles. The zero-order chi connectivity index (χ0) is 18.1. The van der Waals surface area contributed by atoms with Crippen LogP contribution in [0.15, 0.2) is 48.6 Å². The predicted octanol–water partition coefficient (Wildman–Crippen LogP) is 6.57. The first kappa shape index (κ1) is 18.9. The van der Waals surface area contributed by atoms with Crippen molar-refractivity contribution in [1.29, 1.82) is 0 Å². The molecule has 0 unspecified atom stereocenters. The lowest BCUT2D eigenvalue weighted by Crippen LogP contribution is -1.98. The van der Waals surface area contributed by atoms with E-state index in [1.165, 1.54) is 0 Å². The maximum atomic E-state index is 12.9. The second kappa shape index (κ2) is 9.77. The van der Waals surface area contributed by atoms with Gasteiger partial charge in [-0.15, -0.1) is 0 Å². The van der Waals surface area contributed by atoms with Crippen LogP contribution in [0.5, 0.6) is 11.5 Å². The number of aryl methyl sites for hydroxylation is 2. The van der Waals surface area contributed by atoms with E-state index in [0.29, 0.717) is 11.5 Å². The van der Waals surface area contributed by atoms with Crippen molar-refractivity contribution in [3.8, 4) is 11.5 Å². The second-order valence-corrected chi connectivity index (χ2v) is 5.71. The maximum Gasteiger partial charge on any atom is 0.130 e. The van der Waals surface area contributed by atoms with E-state index in [2.05, 4.69) is 0 Å². The van der Waals surface area contributed by atoms with E-state index in [9.17, 15) is 8.78 Å². The summed E-state index contributed by atoms with van der Waals surface area (Å²) >= 11 is 0. The first-order valence-electron chi connectivity index (χ1n) is 8.52. The lowest BCUT2D eigenvalue weighted by molar-refractivity contribution is 0.446. The number of benzene rings is 2. The maximum absolute atomic E-state index is 12.9. The lowest BCUT2D eigenvalue weighted by Gasteiger charge is -2.15. The molecule has 0 spiro atoms. The van der Waals surface area contributed by atoms with E-state index in [1.807, 2.05) is 74.5 Å². The Morgan fingerprint density at radius 3 is 1.56 bits per heavy atom. The molecule has 2 rings (SSSR count). The summed E-state index contributed by atoms with van der Waals surface area (Å²) in [5, 5.41) is 0. The van der Waals surface area contributed by atoms with Gasteiger partial charge in [0.15, 0.2) is 0 Å². The normalized spacial score (nSPS) is 11.5. The topological polar surface area (TPSA) is 9.23 Å². The molecule has 0 bridgehead atoms. The minimum absolute atomic E-state index is 0.288. The van der Waals surface area contributed by atoms with Crippen molar-refractivity contribution in [2.24, 2.45) is 0 Å². The smallest absolute Gasteiger partial charge is 0.130 e.